The zero-order valence-electron chi connectivity index (χ0n) is 14.6. The minimum absolute atomic E-state index is 0.0850. The summed E-state index contributed by atoms with van der Waals surface area (Å²) in [6.45, 7) is 4.41. The lowest BCUT2D eigenvalue weighted by molar-refractivity contribution is -0.134. The van der Waals surface area contributed by atoms with Crippen LogP contribution in [0.25, 0.3) is 6.08 Å². The first-order valence-corrected chi connectivity index (χ1v) is 7.81. The third kappa shape index (κ3) is 5.90. The predicted molar refractivity (Wildman–Crippen MR) is 94.9 cm³/mol. The van der Waals surface area contributed by atoms with E-state index in [4.69, 9.17) is 14.2 Å². The molecule has 0 amide bonds. The Labute approximate surface area is 151 Å². The van der Waals surface area contributed by atoms with Gasteiger partial charge in [-0.05, 0) is 42.8 Å². The van der Waals surface area contributed by atoms with Crippen molar-refractivity contribution in [2.75, 3.05) is 0 Å². The van der Waals surface area contributed by atoms with E-state index in [2.05, 4.69) is 0 Å². The highest BCUT2D eigenvalue weighted by atomic mass is 16.6. The molecule has 26 heavy (non-hydrogen) atoms. The maximum Gasteiger partial charge on any atom is 0.336 e. The van der Waals surface area contributed by atoms with Crippen molar-refractivity contribution in [3.05, 3.63) is 59.7 Å². The van der Waals surface area contributed by atoms with E-state index in [0.29, 0.717) is 11.3 Å². The fourth-order valence-electron chi connectivity index (χ4n) is 2.02. The van der Waals surface area contributed by atoms with Gasteiger partial charge in [0.2, 0.25) is 0 Å². The van der Waals surface area contributed by atoms with Crippen molar-refractivity contribution in [1.82, 2.24) is 0 Å². The largest absolute Gasteiger partial charge is 0.423 e. The molecule has 0 atom stereocenters. The van der Waals surface area contributed by atoms with E-state index in [1.165, 1.54) is 38.1 Å². The predicted octanol–water partition coefficient (Wildman–Crippen LogP) is 3.46. The molecule has 0 saturated carbocycles. The Balaban J connectivity index is 2.13. The Bertz CT molecular complexity index is 849. The van der Waals surface area contributed by atoms with Crippen molar-refractivity contribution >= 4 is 24.0 Å². The Morgan fingerprint density at radius 1 is 0.808 bits per heavy atom. The quantitative estimate of drug-likeness (QED) is 0.465. The molecule has 0 aliphatic carbocycles. The Kier molecular flexibility index (Phi) is 6.27. The lowest BCUT2D eigenvalue weighted by Crippen LogP contribution is -2.07. The molecule has 0 spiro atoms. The molecule has 0 aliphatic heterocycles. The first kappa shape index (κ1) is 18.9. The number of carbonyl (C=O) groups excluding carboxylic acids is 3. The van der Waals surface area contributed by atoms with E-state index < -0.39 is 17.9 Å². The molecule has 0 unspecified atom stereocenters. The lowest BCUT2D eigenvalue weighted by Gasteiger charge is -2.09. The average molecular weight is 354 g/mol. The standard InChI is InChI=1S/C20H18O6/c1-13-4-8-17(9-5-13)26-20(23)11-7-16-6-10-18(24-14(2)21)19(12-16)25-15(3)22/h4-12H,1-3H3/b11-7+. The van der Waals surface area contributed by atoms with Gasteiger partial charge in [0.15, 0.2) is 11.5 Å². The van der Waals surface area contributed by atoms with Gasteiger partial charge in [-0.25, -0.2) is 4.79 Å². The first-order chi connectivity index (χ1) is 12.3. The van der Waals surface area contributed by atoms with Crippen LogP contribution in [0.3, 0.4) is 0 Å². The zero-order chi connectivity index (χ0) is 19.1. The molecule has 0 saturated heterocycles. The number of rotatable bonds is 5. The maximum absolute atomic E-state index is 11.9. The molecule has 2 aromatic rings. The molecule has 0 fully saturated rings. The third-order valence-corrected chi connectivity index (χ3v) is 3.13. The van der Waals surface area contributed by atoms with Gasteiger partial charge in [-0.3, -0.25) is 9.59 Å². The summed E-state index contributed by atoms with van der Waals surface area (Å²) in [5.41, 5.74) is 1.63. The third-order valence-electron chi connectivity index (χ3n) is 3.13. The normalized spacial score (nSPS) is 10.4. The van der Waals surface area contributed by atoms with E-state index in [0.717, 1.165) is 5.56 Å². The smallest absolute Gasteiger partial charge is 0.336 e. The van der Waals surface area contributed by atoms with Crippen LogP contribution in [0.2, 0.25) is 0 Å². The highest BCUT2D eigenvalue weighted by Crippen LogP contribution is 2.29. The second-order valence-corrected chi connectivity index (χ2v) is 5.46. The summed E-state index contributed by atoms with van der Waals surface area (Å²) in [5, 5.41) is 0. The second-order valence-electron chi connectivity index (χ2n) is 5.46. The van der Waals surface area contributed by atoms with Crippen molar-refractivity contribution < 1.29 is 28.6 Å². The van der Waals surface area contributed by atoms with E-state index in [1.54, 1.807) is 18.2 Å². The number of aryl methyl sites for hydroxylation is 1. The van der Waals surface area contributed by atoms with Gasteiger partial charge in [0, 0.05) is 19.9 Å². The summed E-state index contributed by atoms with van der Waals surface area (Å²) in [6, 6.07) is 11.7. The van der Waals surface area contributed by atoms with Gasteiger partial charge >= 0.3 is 17.9 Å². The average Bonchev–Trinajstić information content (AvgIpc) is 2.56. The molecule has 0 bridgehead atoms. The topological polar surface area (TPSA) is 78.9 Å². The van der Waals surface area contributed by atoms with Crippen LogP contribution >= 0.6 is 0 Å². The van der Waals surface area contributed by atoms with Crippen molar-refractivity contribution in [1.29, 1.82) is 0 Å². The van der Waals surface area contributed by atoms with E-state index in [9.17, 15) is 14.4 Å². The van der Waals surface area contributed by atoms with Crippen molar-refractivity contribution in [3.8, 4) is 17.2 Å². The Hall–Kier alpha value is -3.41. The molecule has 0 aromatic heterocycles. The molecule has 0 aliphatic rings. The monoisotopic (exact) mass is 354 g/mol. The molecule has 0 radical (unpaired) electrons. The van der Waals surface area contributed by atoms with Crippen LogP contribution in [0.5, 0.6) is 17.2 Å². The second kappa shape index (κ2) is 8.62. The van der Waals surface area contributed by atoms with Gasteiger partial charge in [0.25, 0.3) is 0 Å². The van der Waals surface area contributed by atoms with Crippen molar-refractivity contribution in [3.63, 3.8) is 0 Å². The molecule has 0 heterocycles. The summed E-state index contributed by atoms with van der Waals surface area (Å²) in [5.74, 6) is -1.00. The number of esters is 3. The molecule has 6 heteroatoms. The highest BCUT2D eigenvalue weighted by molar-refractivity contribution is 5.89. The molecule has 2 aromatic carbocycles. The Morgan fingerprint density at radius 3 is 2.04 bits per heavy atom. The first-order valence-electron chi connectivity index (χ1n) is 7.81. The van der Waals surface area contributed by atoms with E-state index in [1.807, 2.05) is 19.1 Å². The van der Waals surface area contributed by atoms with Crippen LogP contribution in [0.4, 0.5) is 0 Å². The van der Waals surface area contributed by atoms with Crippen LogP contribution in [0, 0.1) is 6.92 Å². The fourth-order valence-corrected chi connectivity index (χ4v) is 2.02. The minimum atomic E-state index is -0.557. The number of ether oxygens (including phenoxy) is 3. The Morgan fingerprint density at radius 2 is 1.42 bits per heavy atom. The van der Waals surface area contributed by atoms with E-state index in [-0.39, 0.29) is 11.5 Å². The molecule has 0 N–H and O–H groups in total. The number of hydrogen-bond donors (Lipinski definition) is 0. The van der Waals surface area contributed by atoms with Crippen molar-refractivity contribution in [2.45, 2.75) is 20.8 Å². The van der Waals surface area contributed by atoms with Crippen LogP contribution in [-0.2, 0) is 14.4 Å². The zero-order valence-corrected chi connectivity index (χ0v) is 14.6. The van der Waals surface area contributed by atoms with Gasteiger partial charge in [0.05, 0.1) is 0 Å². The van der Waals surface area contributed by atoms with Gasteiger partial charge in [0.1, 0.15) is 5.75 Å². The molecular formula is C20H18O6. The van der Waals surface area contributed by atoms with Crippen LogP contribution in [-0.4, -0.2) is 17.9 Å². The summed E-state index contributed by atoms with van der Waals surface area (Å²) >= 11 is 0. The number of benzene rings is 2. The fraction of sp³-hybridized carbons (Fsp3) is 0.150. The van der Waals surface area contributed by atoms with Crippen LogP contribution < -0.4 is 14.2 Å². The summed E-state index contributed by atoms with van der Waals surface area (Å²) in [6.07, 6.45) is 2.75. The lowest BCUT2D eigenvalue weighted by atomic mass is 10.2. The number of carbonyl (C=O) groups is 3. The molecule has 134 valence electrons. The molecule has 6 nitrogen and oxygen atoms in total. The van der Waals surface area contributed by atoms with Crippen LogP contribution in [0.1, 0.15) is 25.0 Å². The molecule has 2 rings (SSSR count). The highest BCUT2D eigenvalue weighted by Gasteiger charge is 2.10. The van der Waals surface area contributed by atoms with E-state index >= 15 is 0 Å². The minimum Gasteiger partial charge on any atom is -0.423 e. The van der Waals surface area contributed by atoms with Gasteiger partial charge in [-0.15, -0.1) is 0 Å². The number of hydrogen-bond acceptors (Lipinski definition) is 6. The van der Waals surface area contributed by atoms with Crippen LogP contribution in [0.15, 0.2) is 48.5 Å². The van der Waals surface area contributed by atoms with Crippen molar-refractivity contribution in [2.24, 2.45) is 0 Å². The summed E-state index contributed by atoms with van der Waals surface area (Å²) in [7, 11) is 0. The maximum atomic E-state index is 11.9. The van der Waals surface area contributed by atoms with Gasteiger partial charge in [-0.1, -0.05) is 23.8 Å². The molecular weight excluding hydrogens is 336 g/mol. The SMILES string of the molecule is CC(=O)Oc1ccc(/C=C/C(=O)Oc2ccc(C)cc2)cc1OC(C)=O. The summed E-state index contributed by atoms with van der Waals surface area (Å²) < 4.78 is 15.2. The van der Waals surface area contributed by atoms with Gasteiger partial charge < -0.3 is 14.2 Å². The summed E-state index contributed by atoms with van der Waals surface area (Å²) in [4.78, 5) is 34.2. The van der Waals surface area contributed by atoms with Gasteiger partial charge in [-0.2, -0.15) is 0 Å².